The van der Waals surface area contributed by atoms with E-state index < -0.39 is 17.1 Å². The molecule has 0 saturated heterocycles. The Hall–Kier alpha value is -1.46. The van der Waals surface area contributed by atoms with Crippen LogP contribution in [0, 0.1) is 10.1 Å². The van der Waals surface area contributed by atoms with E-state index in [1.165, 1.54) is 38.2 Å². The minimum Gasteiger partial charge on any atom is -0.393 e. The van der Waals surface area contributed by atoms with Gasteiger partial charge in [-0.2, -0.15) is 0 Å². The molecular weight excluding hydrogens is 294 g/mol. The summed E-state index contributed by atoms with van der Waals surface area (Å²) in [7, 11) is 0. The maximum atomic E-state index is 11.0. The highest BCUT2D eigenvalue weighted by atomic mass is 16.6. The van der Waals surface area contributed by atoms with Gasteiger partial charge in [0, 0.05) is 12.5 Å². The number of aliphatic hydroxyl groups is 2. The van der Waals surface area contributed by atoms with Crippen molar-refractivity contribution in [3.63, 3.8) is 0 Å². The van der Waals surface area contributed by atoms with E-state index in [0.717, 1.165) is 12.8 Å². The fraction of sp³-hybridized carbons (Fsp3) is 0.667. The molecule has 1 aromatic carbocycles. The summed E-state index contributed by atoms with van der Waals surface area (Å²) in [6, 6.07) is 6.15. The lowest BCUT2D eigenvalue weighted by Crippen LogP contribution is -2.13. The van der Waals surface area contributed by atoms with E-state index in [0.29, 0.717) is 6.42 Å². The SMILES string of the molecule is CCCCCCCCCC(O)CC(O)c1ccccc1[N+](=O)[O-]. The van der Waals surface area contributed by atoms with Gasteiger partial charge < -0.3 is 10.2 Å². The van der Waals surface area contributed by atoms with E-state index in [1.807, 2.05) is 0 Å². The number of hydrogen-bond acceptors (Lipinski definition) is 4. The number of nitrogens with zero attached hydrogens (tertiary/aromatic N) is 1. The molecule has 1 aromatic rings. The minimum atomic E-state index is -1.00. The van der Waals surface area contributed by atoms with Crippen LogP contribution >= 0.6 is 0 Å². The average molecular weight is 323 g/mol. The first-order valence-corrected chi connectivity index (χ1v) is 8.65. The summed E-state index contributed by atoms with van der Waals surface area (Å²) in [5.41, 5.74) is 0.180. The van der Waals surface area contributed by atoms with Crippen LogP contribution in [0.15, 0.2) is 24.3 Å². The highest BCUT2D eigenvalue weighted by Gasteiger charge is 2.21. The van der Waals surface area contributed by atoms with E-state index in [4.69, 9.17) is 0 Å². The van der Waals surface area contributed by atoms with Gasteiger partial charge >= 0.3 is 0 Å². The minimum absolute atomic E-state index is 0.0943. The van der Waals surface area contributed by atoms with Gasteiger partial charge in [0.1, 0.15) is 0 Å². The maximum Gasteiger partial charge on any atom is 0.275 e. The first kappa shape index (κ1) is 19.6. The zero-order valence-corrected chi connectivity index (χ0v) is 14.0. The smallest absolute Gasteiger partial charge is 0.275 e. The Bertz CT molecular complexity index is 464. The first-order chi connectivity index (χ1) is 11.1. The van der Waals surface area contributed by atoms with Gasteiger partial charge in [-0.1, -0.05) is 64.0 Å². The molecule has 0 bridgehead atoms. The molecule has 0 aliphatic carbocycles. The third kappa shape index (κ3) is 7.57. The number of aliphatic hydroxyl groups excluding tert-OH is 2. The number of benzene rings is 1. The van der Waals surface area contributed by atoms with Gasteiger partial charge in [0.25, 0.3) is 5.69 Å². The Morgan fingerprint density at radius 1 is 1.04 bits per heavy atom. The Kier molecular flexibility index (Phi) is 9.48. The molecule has 0 fully saturated rings. The summed E-state index contributed by atoms with van der Waals surface area (Å²) >= 11 is 0. The van der Waals surface area contributed by atoms with Crippen LogP contribution in [0.2, 0.25) is 0 Å². The van der Waals surface area contributed by atoms with Gasteiger partial charge in [0.05, 0.1) is 22.7 Å². The highest BCUT2D eigenvalue weighted by Crippen LogP contribution is 2.28. The van der Waals surface area contributed by atoms with E-state index in [1.54, 1.807) is 18.2 Å². The number of hydrogen-bond donors (Lipinski definition) is 2. The zero-order chi connectivity index (χ0) is 17.1. The van der Waals surface area contributed by atoms with Crippen LogP contribution in [-0.4, -0.2) is 21.2 Å². The fourth-order valence-electron chi connectivity index (χ4n) is 2.78. The van der Waals surface area contributed by atoms with Crippen LogP contribution in [-0.2, 0) is 0 Å². The van der Waals surface area contributed by atoms with Gasteiger partial charge in [-0.25, -0.2) is 0 Å². The van der Waals surface area contributed by atoms with Gasteiger partial charge in [-0.15, -0.1) is 0 Å². The maximum absolute atomic E-state index is 11.0. The Morgan fingerprint density at radius 2 is 1.65 bits per heavy atom. The lowest BCUT2D eigenvalue weighted by Gasteiger charge is -2.16. The van der Waals surface area contributed by atoms with Crippen molar-refractivity contribution in [1.29, 1.82) is 0 Å². The van der Waals surface area contributed by atoms with Crippen LogP contribution < -0.4 is 0 Å². The second-order valence-electron chi connectivity index (χ2n) is 6.13. The average Bonchev–Trinajstić information content (AvgIpc) is 2.53. The summed E-state index contributed by atoms with van der Waals surface area (Å²) in [6.45, 7) is 2.19. The fourth-order valence-corrected chi connectivity index (χ4v) is 2.78. The first-order valence-electron chi connectivity index (χ1n) is 8.65. The molecule has 5 heteroatoms. The number of nitro benzene ring substituents is 1. The quantitative estimate of drug-likeness (QED) is 0.336. The third-order valence-corrected chi connectivity index (χ3v) is 4.13. The van der Waals surface area contributed by atoms with Crippen LogP contribution in [0.4, 0.5) is 5.69 Å². The van der Waals surface area contributed by atoms with Crippen molar-refractivity contribution in [3.05, 3.63) is 39.9 Å². The molecule has 2 unspecified atom stereocenters. The summed E-state index contributed by atoms with van der Waals surface area (Å²) in [5, 5.41) is 31.1. The van der Waals surface area contributed by atoms with Crippen LogP contribution in [0.25, 0.3) is 0 Å². The lowest BCUT2D eigenvalue weighted by molar-refractivity contribution is -0.386. The van der Waals surface area contributed by atoms with Crippen molar-refractivity contribution in [2.45, 2.75) is 76.9 Å². The van der Waals surface area contributed by atoms with Crippen LogP contribution in [0.3, 0.4) is 0 Å². The molecule has 0 heterocycles. The van der Waals surface area contributed by atoms with Crippen molar-refractivity contribution in [2.24, 2.45) is 0 Å². The zero-order valence-electron chi connectivity index (χ0n) is 14.0. The topological polar surface area (TPSA) is 83.6 Å². The lowest BCUT2D eigenvalue weighted by atomic mass is 9.98. The molecule has 0 saturated carbocycles. The summed E-state index contributed by atoms with van der Waals surface area (Å²) < 4.78 is 0. The van der Waals surface area contributed by atoms with Crippen molar-refractivity contribution in [3.8, 4) is 0 Å². The Morgan fingerprint density at radius 3 is 2.30 bits per heavy atom. The van der Waals surface area contributed by atoms with Gasteiger partial charge in [-0.3, -0.25) is 10.1 Å². The number of rotatable bonds is 12. The molecule has 23 heavy (non-hydrogen) atoms. The molecule has 5 nitrogen and oxygen atoms in total. The molecule has 130 valence electrons. The molecule has 0 spiro atoms. The highest BCUT2D eigenvalue weighted by molar-refractivity contribution is 5.41. The molecule has 0 radical (unpaired) electrons. The van der Waals surface area contributed by atoms with Gasteiger partial charge in [-0.05, 0) is 12.5 Å². The third-order valence-electron chi connectivity index (χ3n) is 4.13. The van der Waals surface area contributed by atoms with Crippen molar-refractivity contribution in [2.75, 3.05) is 0 Å². The van der Waals surface area contributed by atoms with E-state index in [9.17, 15) is 20.3 Å². The second-order valence-corrected chi connectivity index (χ2v) is 6.13. The monoisotopic (exact) mass is 323 g/mol. The van der Waals surface area contributed by atoms with Gasteiger partial charge in [0.15, 0.2) is 0 Å². The van der Waals surface area contributed by atoms with E-state index in [-0.39, 0.29) is 17.7 Å². The molecular formula is C18H29NO4. The molecule has 2 atom stereocenters. The Balaban J connectivity index is 2.31. The summed E-state index contributed by atoms with van der Waals surface area (Å²) in [4.78, 5) is 10.5. The van der Waals surface area contributed by atoms with Crippen molar-refractivity contribution in [1.82, 2.24) is 0 Å². The number of unbranched alkanes of at least 4 members (excludes halogenated alkanes) is 6. The molecule has 0 aromatic heterocycles. The van der Waals surface area contributed by atoms with E-state index in [2.05, 4.69) is 6.92 Å². The summed E-state index contributed by atoms with van der Waals surface area (Å²) in [5.74, 6) is 0. The molecule has 0 aliphatic heterocycles. The molecule has 1 rings (SSSR count). The van der Waals surface area contributed by atoms with Crippen LogP contribution in [0.5, 0.6) is 0 Å². The van der Waals surface area contributed by atoms with E-state index >= 15 is 0 Å². The predicted molar refractivity (Wildman–Crippen MR) is 91.3 cm³/mol. The normalized spacial score (nSPS) is 13.7. The second kappa shape index (κ2) is 11.1. The molecule has 0 aliphatic rings. The van der Waals surface area contributed by atoms with Crippen LogP contribution in [0.1, 0.15) is 76.4 Å². The van der Waals surface area contributed by atoms with Gasteiger partial charge in [0.2, 0.25) is 0 Å². The van der Waals surface area contributed by atoms with Crippen molar-refractivity contribution >= 4 is 5.69 Å². The predicted octanol–water partition coefficient (Wildman–Crippen LogP) is 4.52. The van der Waals surface area contributed by atoms with Crippen molar-refractivity contribution < 1.29 is 15.1 Å². The standard InChI is InChI=1S/C18H29NO4/c1-2-3-4-5-6-7-8-11-15(20)14-18(21)16-12-9-10-13-17(16)19(22)23/h9-10,12-13,15,18,20-21H,2-8,11,14H2,1H3. The molecule has 0 amide bonds. The number of para-hydroxylation sites is 1. The largest absolute Gasteiger partial charge is 0.393 e. The Labute approximate surface area is 138 Å². The molecule has 2 N–H and O–H groups in total. The number of nitro groups is 1. The summed E-state index contributed by atoms with van der Waals surface area (Å²) in [6.07, 6.45) is 7.37.